The first-order chi connectivity index (χ1) is 11.2. The highest BCUT2D eigenvalue weighted by molar-refractivity contribution is 6.35. The molecule has 0 radical (unpaired) electrons. The number of nitrogens with zero attached hydrogens (tertiary/aromatic N) is 3. The first-order valence-corrected chi connectivity index (χ1v) is 8.30. The van der Waals surface area contributed by atoms with Gasteiger partial charge in [-0.25, -0.2) is 0 Å². The van der Waals surface area contributed by atoms with E-state index in [0.717, 1.165) is 38.3 Å². The Morgan fingerprint density at radius 1 is 0.870 bits per heavy atom. The SMILES string of the molecule is CCN1CCN(C2=C(c3ccccc3)C(=O)N(CC)C2=O)CC1. The van der Waals surface area contributed by atoms with Gasteiger partial charge in [-0.15, -0.1) is 0 Å². The average molecular weight is 313 g/mol. The van der Waals surface area contributed by atoms with Crippen LogP contribution in [0.15, 0.2) is 36.0 Å². The number of carbonyl (C=O) groups is 2. The van der Waals surface area contributed by atoms with Crippen LogP contribution >= 0.6 is 0 Å². The monoisotopic (exact) mass is 313 g/mol. The van der Waals surface area contributed by atoms with Gasteiger partial charge in [0.25, 0.3) is 11.8 Å². The zero-order valence-electron chi connectivity index (χ0n) is 13.8. The fraction of sp³-hybridized carbons (Fsp3) is 0.444. The molecular weight excluding hydrogens is 290 g/mol. The lowest BCUT2D eigenvalue weighted by atomic mass is 10.0. The van der Waals surface area contributed by atoms with Crippen molar-refractivity contribution in [1.82, 2.24) is 14.7 Å². The molecule has 2 amide bonds. The highest BCUT2D eigenvalue weighted by Crippen LogP contribution is 2.31. The average Bonchev–Trinajstić information content (AvgIpc) is 2.85. The van der Waals surface area contributed by atoms with Crippen LogP contribution in [0.5, 0.6) is 0 Å². The Morgan fingerprint density at radius 3 is 2.09 bits per heavy atom. The van der Waals surface area contributed by atoms with E-state index >= 15 is 0 Å². The second kappa shape index (κ2) is 6.54. The zero-order valence-corrected chi connectivity index (χ0v) is 13.8. The third-order valence-corrected chi connectivity index (χ3v) is 4.66. The van der Waals surface area contributed by atoms with Gasteiger partial charge in [-0.3, -0.25) is 14.5 Å². The Hall–Kier alpha value is -2.14. The predicted octanol–water partition coefficient (Wildman–Crippen LogP) is 1.42. The molecule has 1 aromatic carbocycles. The minimum Gasteiger partial charge on any atom is -0.364 e. The van der Waals surface area contributed by atoms with E-state index in [1.54, 1.807) is 0 Å². The Labute approximate surface area is 137 Å². The minimum absolute atomic E-state index is 0.152. The molecule has 0 spiro atoms. The number of rotatable bonds is 4. The fourth-order valence-electron chi connectivity index (χ4n) is 3.30. The molecule has 2 heterocycles. The van der Waals surface area contributed by atoms with Crippen LogP contribution in [0.1, 0.15) is 19.4 Å². The largest absolute Gasteiger partial charge is 0.364 e. The number of likely N-dealkylation sites (N-methyl/N-ethyl adjacent to an activating group) is 2. The maximum Gasteiger partial charge on any atom is 0.277 e. The van der Waals surface area contributed by atoms with E-state index < -0.39 is 0 Å². The van der Waals surface area contributed by atoms with Crippen molar-refractivity contribution in [2.24, 2.45) is 0 Å². The van der Waals surface area contributed by atoms with Crippen molar-refractivity contribution in [3.8, 4) is 0 Å². The lowest BCUT2D eigenvalue weighted by molar-refractivity contribution is -0.137. The summed E-state index contributed by atoms with van der Waals surface area (Å²) in [6, 6.07) is 9.54. The summed E-state index contributed by atoms with van der Waals surface area (Å²) >= 11 is 0. The van der Waals surface area contributed by atoms with E-state index in [-0.39, 0.29) is 11.8 Å². The quantitative estimate of drug-likeness (QED) is 0.789. The van der Waals surface area contributed by atoms with Crippen LogP contribution in [-0.4, -0.2) is 65.8 Å². The van der Waals surface area contributed by atoms with Crippen molar-refractivity contribution in [2.75, 3.05) is 39.3 Å². The van der Waals surface area contributed by atoms with Gasteiger partial charge in [-0.1, -0.05) is 37.3 Å². The van der Waals surface area contributed by atoms with E-state index in [1.807, 2.05) is 37.3 Å². The van der Waals surface area contributed by atoms with Gasteiger partial charge in [0.1, 0.15) is 5.70 Å². The standard InChI is InChI=1S/C18H23N3O2/c1-3-19-10-12-20(13-11-19)16-15(14-8-6-5-7-9-14)17(22)21(4-2)18(16)23/h5-9H,3-4,10-13H2,1-2H3. The summed E-state index contributed by atoms with van der Waals surface area (Å²) in [6.45, 7) is 8.85. The number of carbonyl (C=O) groups excluding carboxylic acids is 2. The Balaban J connectivity index is 1.99. The number of amides is 2. The van der Waals surface area contributed by atoms with Gasteiger partial charge in [0.15, 0.2) is 0 Å². The van der Waals surface area contributed by atoms with E-state index in [2.05, 4.69) is 16.7 Å². The summed E-state index contributed by atoms with van der Waals surface area (Å²) in [5, 5.41) is 0. The lowest BCUT2D eigenvalue weighted by Gasteiger charge is -2.35. The molecule has 3 rings (SSSR count). The molecule has 0 N–H and O–H groups in total. The molecule has 0 unspecified atom stereocenters. The fourth-order valence-corrected chi connectivity index (χ4v) is 3.30. The molecule has 0 atom stereocenters. The summed E-state index contributed by atoms with van der Waals surface area (Å²) in [5.41, 5.74) is 1.97. The number of piperazine rings is 1. The van der Waals surface area contributed by atoms with E-state index in [1.165, 1.54) is 4.90 Å². The van der Waals surface area contributed by atoms with E-state index in [0.29, 0.717) is 17.8 Å². The molecule has 1 saturated heterocycles. The molecule has 23 heavy (non-hydrogen) atoms. The predicted molar refractivity (Wildman–Crippen MR) is 89.4 cm³/mol. The maximum atomic E-state index is 12.8. The van der Waals surface area contributed by atoms with Gasteiger partial charge in [-0.2, -0.15) is 0 Å². The molecule has 0 aromatic heterocycles. The van der Waals surface area contributed by atoms with Gasteiger partial charge in [0.05, 0.1) is 5.57 Å². The minimum atomic E-state index is -0.170. The summed E-state index contributed by atoms with van der Waals surface area (Å²) in [7, 11) is 0. The Kier molecular flexibility index (Phi) is 4.48. The molecule has 0 aliphatic carbocycles. The Morgan fingerprint density at radius 2 is 1.52 bits per heavy atom. The number of hydrogen-bond acceptors (Lipinski definition) is 4. The normalized spacial score (nSPS) is 19.9. The van der Waals surface area contributed by atoms with Gasteiger partial charge in [0, 0.05) is 32.7 Å². The second-order valence-corrected chi connectivity index (χ2v) is 5.87. The molecule has 122 valence electrons. The van der Waals surface area contributed by atoms with Crippen LogP contribution < -0.4 is 0 Å². The van der Waals surface area contributed by atoms with Crippen LogP contribution in [0.4, 0.5) is 0 Å². The smallest absolute Gasteiger partial charge is 0.277 e. The summed E-state index contributed by atoms with van der Waals surface area (Å²) in [6.07, 6.45) is 0. The van der Waals surface area contributed by atoms with Crippen molar-refractivity contribution in [2.45, 2.75) is 13.8 Å². The van der Waals surface area contributed by atoms with E-state index in [4.69, 9.17) is 0 Å². The van der Waals surface area contributed by atoms with Crippen molar-refractivity contribution in [3.63, 3.8) is 0 Å². The molecular formula is C18H23N3O2. The molecule has 0 bridgehead atoms. The molecule has 5 nitrogen and oxygen atoms in total. The van der Waals surface area contributed by atoms with Gasteiger partial charge in [-0.05, 0) is 19.0 Å². The Bertz CT molecular complexity index is 631. The number of imide groups is 1. The van der Waals surface area contributed by atoms with Gasteiger partial charge in [0.2, 0.25) is 0 Å². The maximum absolute atomic E-state index is 12.8. The molecule has 0 saturated carbocycles. The van der Waals surface area contributed by atoms with Crippen LogP contribution in [0.25, 0.3) is 5.57 Å². The van der Waals surface area contributed by atoms with Crippen molar-refractivity contribution >= 4 is 17.4 Å². The topological polar surface area (TPSA) is 43.9 Å². The summed E-state index contributed by atoms with van der Waals surface area (Å²) < 4.78 is 0. The van der Waals surface area contributed by atoms with Crippen LogP contribution in [0.2, 0.25) is 0 Å². The first kappa shape index (κ1) is 15.7. The molecule has 2 aliphatic rings. The van der Waals surface area contributed by atoms with Crippen LogP contribution in [-0.2, 0) is 9.59 Å². The molecule has 2 aliphatic heterocycles. The van der Waals surface area contributed by atoms with Gasteiger partial charge >= 0.3 is 0 Å². The number of benzene rings is 1. The highest BCUT2D eigenvalue weighted by atomic mass is 16.2. The third-order valence-electron chi connectivity index (χ3n) is 4.66. The van der Waals surface area contributed by atoms with Gasteiger partial charge < -0.3 is 9.80 Å². The van der Waals surface area contributed by atoms with Crippen molar-refractivity contribution < 1.29 is 9.59 Å². The molecule has 1 aromatic rings. The van der Waals surface area contributed by atoms with E-state index in [9.17, 15) is 9.59 Å². The highest BCUT2D eigenvalue weighted by Gasteiger charge is 2.41. The lowest BCUT2D eigenvalue weighted by Crippen LogP contribution is -2.47. The zero-order chi connectivity index (χ0) is 16.4. The summed E-state index contributed by atoms with van der Waals surface area (Å²) in [4.78, 5) is 31.3. The number of hydrogen-bond donors (Lipinski definition) is 0. The van der Waals surface area contributed by atoms with Crippen molar-refractivity contribution in [3.05, 3.63) is 41.6 Å². The van der Waals surface area contributed by atoms with Crippen molar-refractivity contribution in [1.29, 1.82) is 0 Å². The molecule has 1 fully saturated rings. The second-order valence-electron chi connectivity index (χ2n) is 5.87. The van der Waals surface area contributed by atoms with Crippen LogP contribution in [0, 0.1) is 0 Å². The van der Waals surface area contributed by atoms with Crippen LogP contribution in [0.3, 0.4) is 0 Å². The third kappa shape index (κ3) is 2.77. The molecule has 5 heteroatoms. The summed E-state index contributed by atoms with van der Waals surface area (Å²) in [5.74, 6) is -0.321. The first-order valence-electron chi connectivity index (χ1n) is 8.30.